The maximum Gasteiger partial charge on any atom is 0.416 e. The highest BCUT2D eigenvalue weighted by molar-refractivity contribution is 5.98. The van der Waals surface area contributed by atoms with E-state index in [1.165, 1.54) is 45.3 Å². The van der Waals surface area contributed by atoms with Gasteiger partial charge in [-0.05, 0) is 132 Å². The van der Waals surface area contributed by atoms with Crippen molar-refractivity contribution in [2.24, 2.45) is 0 Å². The Morgan fingerprint density at radius 1 is 0.457 bits per heavy atom. The third-order valence-electron chi connectivity index (χ3n) is 14.2. The molecule has 0 aliphatic rings. The molecule has 81 heavy (non-hydrogen) atoms. The summed E-state index contributed by atoms with van der Waals surface area (Å²) >= 11 is 0. The van der Waals surface area contributed by atoms with E-state index in [-0.39, 0.29) is 23.6 Å². The Labute approximate surface area is 466 Å². The van der Waals surface area contributed by atoms with Gasteiger partial charge >= 0.3 is 6.18 Å². The number of nitrogens with one attached hydrogen (secondary N) is 3. The van der Waals surface area contributed by atoms with Gasteiger partial charge in [0.2, 0.25) is 0 Å². The number of Topliss-reactive ketones (excluding diaryl/α,β-unsaturated/α-hetero) is 2. The van der Waals surface area contributed by atoms with Crippen LogP contribution in [-0.4, -0.2) is 56.4 Å². The van der Waals surface area contributed by atoms with Crippen LogP contribution in [0.3, 0.4) is 0 Å². The number of fused-ring (bicyclic) bond motifs is 3. The van der Waals surface area contributed by atoms with E-state index in [2.05, 4.69) is 102 Å². The molecule has 0 radical (unpaired) electrons. The Hall–Kier alpha value is -9.69. The SMILES string of the molecule is Cc1ccc(C(=O)Cc2ccc(Cc3c[nH]c4ncccc34)cn2)cc1.Cc1ccc(C(C)Cc2ccc(Cc3c[nH]c4ncccc34)cn2)cc1.O=C(Cc1ccc(Cc2c[nH]c3ncccc23)cn1)c1ccc(C(F)(F)F)cc1. The van der Waals surface area contributed by atoms with Gasteiger partial charge in [0.05, 0.1) is 18.4 Å². The molecule has 0 aliphatic heterocycles. The van der Waals surface area contributed by atoms with E-state index >= 15 is 0 Å². The van der Waals surface area contributed by atoms with Crippen molar-refractivity contribution in [3.05, 3.63) is 285 Å². The lowest BCUT2D eigenvalue weighted by molar-refractivity contribution is -0.137. The van der Waals surface area contributed by atoms with Crippen molar-refractivity contribution in [3.63, 3.8) is 0 Å². The van der Waals surface area contributed by atoms with Crippen molar-refractivity contribution >= 4 is 44.7 Å². The molecule has 0 spiro atoms. The first-order valence-electron chi connectivity index (χ1n) is 26.7. The van der Waals surface area contributed by atoms with Crippen molar-refractivity contribution in [2.45, 2.75) is 71.4 Å². The number of carbonyl (C=O) groups excluding carboxylic acids is 2. The minimum absolute atomic E-state index is 0.0304. The van der Waals surface area contributed by atoms with Crippen LogP contribution in [0.4, 0.5) is 13.2 Å². The normalized spacial score (nSPS) is 11.7. The fourth-order valence-electron chi connectivity index (χ4n) is 9.59. The maximum atomic E-state index is 12.6. The number of hydrogen-bond acceptors (Lipinski definition) is 8. The summed E-state index contributed by atoms with van der Waals surface area (Å²) in [5.74, 6) is 0.281. The summed E-state index contributed by atoms with van der Waals surface area (Å²) in [5, 5.41) is 3.37. The number of benzene rings is 3. The monoisotopic (exact) mass is 1080 g/mol. The molecule has 0 saturated heterocycles. The summed E-state index contributed by atoms with van der Waals surface area (Å²) in [5.41, 5.74) is 16.1. The van der Waals surface area contributed by atoms with E-state index in [1.54, 1.807) is 24.7 Å². The van der Waals surface area contributed by atoms with Gasteiger partial charge < -0.3 is 15.0 Å². The molecule has 14 heteroatoms. The first kappa shape index (κ1) is 54.7. The summed E-state index contributed by atoms with van der Waals surface area (Å²) < 4.78 is 37.9. The number of ketones is 2. The number of nitrogens with zero attached hydrogens (tertiary/aromatic N) is 6. The van der Waals surface area contributed by atoms with Crippen molar-refractivity contribution in [3.8, 4) is 0 Å². The number of alkyl halides is 3. The zero-order valence-corrected chi connectivity index (χ0v) is 45.0. The highest BCUT2D eigenvalue weighted by Gasteiger charge is 2.30. The zero-order valence-electron chi connectivity index (χ0n) is 45.0. The van der Waals surface area contributed by atoms with Gasteiger partial charge in [-0.3, -0.25) is 24.5 Å². The van der Waals surface area contributed by atoms with Crippen molar-refractivity contribution < 1.29 is 22.8 Å². The predicted octanol–water partition coefficient (Wildman–Crippen LogP) is 14.5. The van der Waals surface area contributed by atoms with E-state index in [1.807, 2.05) is 111 Å². The van der Waals surface area contributed by atoms with E-state index < -0.39 is 11.7 Å². The van der Waals surface area contributed by atoms with Crippen LogP contribution < -0.4 is 0 Å². The molecule has 1 atom stereocenters. The molecule has 0 fully saturated rings. The molecule has 3 aromatic carbocycles. The van der Waals surface area contributed by atoms with Gasteiger partial charge in [0.25, 0.3) is 0 Å². The molecule has 12 aromatic rings. The molecule has 404 valence electrons. The summed E-state index contributed by atoms with van der Waals surface area (Å²) in [7, 11) is 0. The van der Waals surface area contributed by atoms with Gasteiger partial charge in [0.1, 0.15) is 16.9 Å². The van der Waals surface area contributed by atoms with Crippen molar-refractivity contribution in [1.29, 1.82) is 0 Å². The fraction of sp³-hybridized carbons (Fsp3) is 0.164. The number of aromatic nitrogens is 9. The number of aryl methyl sites for hydroxylation is 2. The quantitative estimate of drug-likeness (QED) is 0.0856. The minimum Gasteiger partial charge on any atom is -0.346 e. The lowest BCUT2D eigenvalue weighted by atomic mass is 9.95. The Morgan fingerprint density at radius 3 is 1.20 bits per heavy atom. The lowest BCUT2D eigenvalue weighted by Gasteiger charge is -2.12. The Morgan fingerprint density at radius 2 is 0.827 bits per heavy atom. The topological polar surface area (TPSA) is 159 Å². The van der Waals surface area contributed by atoms with Crippen LogP contribution in [0.25, 0.3) is 33.1 Å². The van der Waals surface area contributed by atoms with E-state index in [0.717, 1.165) is 98.3 Å². The zero-order chi connectivity index (χ0) is 56.3. The number of carbonyl (C=O) groups is 2. The maximum absolute atomic E-state index is 12.6. The highest BCUT2D eigenvalue weighted by Crippen LogP contribution is 2.30. The van der Waals surface area contributed by atoms with Crippen LogP contribution in [0.2, 0.25) is 0 Å². The molecule has 11 nitrogen and oxygen atoms in total. The summed E-state index contributed by atoms with van der Waals surface area (Å²) in [4.78, 5) is 60.7. The van der Waals surface area contributed by atoms with Crippen LogP contribution in [0.15, 0.2) is 201 Å². The van der Waals surface area contributed by atoms with Gasteiger partial charge in [0.15, 0.2) is 11.6 Å². The smallest absolute Gasteiger partial charge is 0.346 e. The number of aromatic amines is 3. The van der Waals surface area contributed by atoms with Crippen molar-refractivity contribution in [2.75, 3.05) is 0 Å². The van der Waals surface area contributed by atoms with Crippen LogP contribution in [0.5, 0.6) is 0 Å². The third-order valence-corrected chi connectivity index (χ3v) is 14.2. The number of halogens is 3. The van der Waals surface area contributed by atoms with Crippen LogP contribution in [-0.2, 0) is 44.7 Å². The van der Waals surface area contributed by atoms with Gasteiger partial charge in [-0.2, -0.15) is 13.2 Å². The lowest BCUT2D eigenvalue weighted by Crippen LogP contribution is -2.08. The molecule has 0 aliphatic carbocycles. The second-order valence-corrected chi connectivity index (χ2v) is 20.3. The summed E-state index contributed by atoms with van der Waals surface area (Å²) in [6, 6.07) is 44.7. The Kier molecular flexibility index (Phi) is 16.8. The number of rotatable bonds is 15. The van der Waals surface area contributed by atoms with Gasteiger partial charge in [-0.1, -0.05) is 96.9 Å². The summed E-state index contributed by atoms with van der Waals surface area (Å²) in [6.45, 7) is 6.40. The average Bonchev–Trinajstić information content (AvgIpc) is 4.33. The third kappa shape index (κ3) is 14.1. The molecular weight excluding hydrogens is 1020 g/mol. The number of hydrogen-bond donors (Lipinski definition) is 3. The molecular formula is C67H58F3N9O2. The second-order valence-electron chi connectivity index (χ2n) is 20.3. The molecule has 0 amide bonds. The second kappa shape index (κ2) is 25.0. The van der Waals surface area contributed by atoms with Crippen LogP contribution >= 0.6 is 0 Å². The summed E-state index contributed by atoms with van der Waals surface area (Å²) in [6.07, 6.45) is 16.1. The highest BCUT2D eigenvalue weighted by atomic mass is 19.4. The van der Waals surface area contributed by atoms with E-state index in [4.69, 9.17) is 4.98 Å². The standard InChI is InChI=1S/C23H23N3.C22H16F3N3O.C22H19N3O/c1-16-5-8-19(9-6-16)17(2)12-21-10-7-18(14-25-21)13-20-15-26-23-22(20)4-3-11-24-23;23-22(24,25)17-6-4-15(5-7-17)20(29)11-18-8-3-14(12-27-18)10-16-13-28-21-19(16)2-1-9-26-21;1-15-4-7-17(8-5-15)21(26)12-19-9-6-16(13-24-19)11-18-14-25-22-20(18)3-2-10-23-22/h3-11,14-15,17H,12-13H2,1-2H3,(H,24,26);1-9,12-13H,10-11H2,(H,26,28);2-10,13-14H,11-12H2,1H3,(H,23,25). The molecule has 0 bridgehead atoms. The predicted molar refractivity (Wildman–Crippen MR) is 311 cm³/mol. The largest absolute Gasteiger partial charge is 0.416 e. The number of H-pyrrole nitrogens is 3. The Bertz CT molecular complexity index is 4040. The minimum atomic E-state index is -4.42. The molecule has 12 rings (SSSR count). The molecule has 9 heterocycles. The first-order valence-corrected chi connectivity index (χ1v) is 26.7. The molecule has 9 aromatic heterocycles. The molecule has 3 N–H and O–H groups in total. The van der Waals surface area contributed by atoms with Gasteiger partial charge in [-0.15, -0.1) is 0 Å². The first-order chi connectivity index (χ1) is 39.3. The van der Waals surface area contributed by atoms with E-state index in [0.29, 0.717) is 24.5 Å². The fourth-order valence-corrected chi connectivity index (χ4v) is 9.59. The van der Waals surface area contributed by atoms with Gasteiger partial charge in [0, 0.05) is 119 Å². The van der Waals surface area contributed by atoms with Crippen molar-refractivity contribution in [1.82, 2.24) is 44.9 Å². The van der Waals surface area contributed by atoms with E-state index in [9.17, 15) is 22.8 Å². The van der Waals surface area contributed by atoms with Crippen LogP contribution in [0, 0.1) is 13.8 Å². The van der Waals surface area contributed by atoms with Crippen LogP contribution in [0.1, 0.15) is 106 Å². The number of pyridine rings is 6. The molecule has 1 unspecified atom stereocenters. The average molecular weight is 1080 g/mol. The molecule has 0 saturated carbocycles. The Balaban J connectivity index is 0.000000137. The van der Waals surface area contributed by atoms with Gasteiger partial charge in [-0.25, -0.2) is 15.0 Å².